The van der Waals surface area contributed by atoms with Crippen LogP contribution in [0.5, 0.6) is 0 Å². The second-order valence-electron chi connectivity index (χ2n) is 8.40. The van der Waals surface area contributed by atoms with E-state index in [0.717, 1.165) is 18.9 Å². The van der Waals surface area contributed by atoms with Gasteiger partial charge in [-0.05, 0) is 43.6 Å². The summed E-state index contributed by atoms with van der Waals surface area (Å²) in [6.07, 6.45) is 0.0328. The zero-order valence-corrected chi connectivity index (χ0v) is 15.0. The lowest BCUT2D eigenvalue weighted by atomic mass is 9.76. The Kier molecular flexibility index (Phi) is 3.63. The van der Waals surface area contributed by atoms with Crippen LogP contribution in [0, 0.1) is 11.8 Å². The number of halogens is 4. The Labute approximate surface area is 158 Å². The number of nitrogen functional groups attached to an aromatic ring is 1. The van der Waals surface area contributed by atoms with Crippen molar-refractivity contribution in [2.45, 2.75) is 56.1 Å². The van der Waals surface area contributed by atoms with Gasteiger partial charge in [-0.3, -0.25) is 0 Å². The fourth-order valence-electron chi connectivity index (χ4n) is 4.75. The van der Waals surface area contributed by atoms with Crippen molar-refractivity contribution in [2.75, 3.05) is 5.73 Å². The molecule has 9 heteroatoms. The average Bonchev–Trinajstić information content (AvgIpc) is 3.15. The third-order valence-corrected chi connectivity index (χ3v) is 6.47. The molecule has 4 aliphatic rings. The molecule has 4 aliphatic carbocycles. The van der Waals surface area contributed by atoms with Crippen molar-refractivity contribution in [3.05, 3.63) is 29.8 Å². The number of rotatable bonds is 4. The Morgan fingerprint density at radius 2 is 1.96 bits per heavy atom. The molecule has 2 aromatic heterocycles. The van der Waals surface area contributed by atoms with E-state index in [1.165, 1.54) is 6.20 Å². The molecule has 2 atom stereocenters. The van der Waals surface area contributed by atoms with Crippen LogP contribution in [0.4, 0.5) is 23.4 Å². The van der Waals surface area contributed by atoms with Crippen LogP contribution in [-0.2, 0) is 11.7 Å². The number of hydrogen-bond donors (Lipinski definition) is 2. The van der Waals surface area contributed by atoms with E-state index in [-0.39, 0.29) is 23.1 Å². The van der Waals surface area contributed by atoms with E-state index < -0.39 is 35.4 Å². The first-order chi connectivity index (χ1) is 13.2. The molecule has 4 fully saturated rings. The largest absolute Gasteiger partial charge is 0.419 e. The summed E-state index contributed by atoms with van der Waals surface area (Å²) in [4.78, 5) is 8.15. The van der Waals surface area contributed by atoms with Gasteiger partial charge in [0.2, 0.25) is 0 Å². The number of nitrogens with two attached hydrogens (primary N) is 1. The van der Waals surface area contributed by atoms with Crippen LogP contribution in [0.2, 0.25) is 0 Å². The van der Waals surface area contributed by atoms with Crippen LogP contribution >= 0.6 is 0 Å². The van der Waals surface area contributed by atoms with Gasteiger partial charge in [0.1, 0.15) is 23.9 Å². The number of aromatic nitrogens is 3. The van der Waals surface area contributed by atoms with Gasteiger partial charge in [-0.2, -0.15) is 13.2 Å². The highest BCUT2D eigenvalue weighted by Gasteiger charge is 2.58. The Bertz CT molecular complexity index is 931. The molecular weight excluding hydrogens is 376 g/mol. The van der Waals surface area contributed by atoms with Crippen LogP contribution in [0.1, 0.15) is 49.6 Å². The number of aliphatic hydroxyl groups is 1. The van der Waals surface area contributed by atoms with Crippen LogP contribution in [0.25, 0.3) is 11.3 Å². The third kappa shape index (κ3) is 2.62. The molecule has 2 unspecified atom stereocenters. The van der Waals surface area contributed by atoms with Gasteiger partial charge in [0.25, 0.3) is 0 Å². The predicted molar refractivity (Wildman–Crippen MR) is 92.8 cm³/mol. The van der Waals surface area contributed by atoms with Gasteiger partial charge in [-0.15, -0.1) is 0 Å². The molecular formula is C19H20F4N4O. The lowest BCUT2D eigenvalue weighted by Gasteiger charge is -2.40. The first-order valence-corrected chi connectivity index (χ1v) is 9.43. The smallest absolute Gasteiger partial charge is 0.385 e. The molecule has 2 bridgehead atoms. The highest BCUT2D eigenvalue weighted by Crippen LogP contribution is 2.59. The molecule has 0 aromatic carbocycles. The van der Waals surface area contributed by atoms with Crippen LogP contribution < -0.4 is 5.73 Å². The van der Waals surface area contributed by atoms with Gasteiger partial charge in [0.05, 0.1) is 11.3 Å². The molecule has 2 aromatic rings. The molecule has 0 amide bonds. The van der Waals surface area contributed by atoms with Gasteiger partial charge in [-0.1, -0.05) is 0 Å². The predicted octanol–water partition coefficient (Wildman–Crippen LogP) is 3.84. The molecule has 0 aliphatic heterocycles. The Morgan fingerprint density at radius 3 is 2.54 bits per heavy atom. The number of aliphatic hydroxyl groups excluding tert-OH is 1. The summed E-state index contributed by atoms with van der Waals surface area (Å²) in [5.41, 5.74) is 4.39. The summed E-state index contributed by atoms with van der Waals surface area (Å²) in [5, 5.41) is 10.7. The van der Waals surface area contributed by atoms with E-state index in [4.69, 9.17) is 5.73 Å². The maximum absolute atomic E-state index is 14.1. The first kappa shape index (κ1) is 17.9. The molecule has 0 spiro atoms. The topological polar surface area (TPSA) is 77.0 Å². The van der Waals surface area contributed by atoms with E-state index in [2.05, 4.69) is 9.97 Å². The minimum absolute atomic E-state index is 0.0202. The van der Waals surface area contributed by atoms with Crippen molar-refractivity contribution in [3.63, 3.8) is 0 Å². The SMILES string of the molecule is Nc1ncc(-c2cn(C34CC(F)C(C3)C4)c(C(O)C3CC3)n2)cc1C(F)(F)F. The highest BCUT2D eigenvalue weighted by atomic mass is 19.4. The molecule has 3 N–H and O–H groups in total. The second kappa shape index (κ2) is 5.68. The van der Waals surface area contributed by atoms with Crippen molar-refractivity contribution in [1.82, 2.24) is 14.5 Å². The van der Waals surface area contributed by atoms with Gasteiger partial charge in [0, 0.05) is 29.9 Å². The Balaban J connectivity index is 1.59. The average molecular weight is 396 g/mol. The van der Waals surface area contributed by atoms with E-state index in [1.807, 2.05) is 4.57 Å². The molecule has 28 heavy (non-hydrogen) atoms. The number of alkyl halides is 4. The first-order valence-electron chi connectivity index (χ1n) is 9.43. The second-order valence-corrected chi connectivity index (χ2v) is 8.40. The fraction of sp³-hybridized carbons (Fsp3) is 0.579. The number of hydrogen-bond acceptors (Lipinski definition) is 4. The summed E-state index contributed by atoms with van der Waals surface area (Å²) in [7, 11) is 0. The van der Waals surface area contributed by atoms with Crippen molar-refractivity contribution in [1.29, 1.82) is 0 Å². The fourth-order valence-corrected chi connectivity index (χ4v) is 4.75. The van der Waals surface area contributed by atoms with Crippen molar-refractivity contribution < 1.29 is 22.7 Å². The molecule has 0 saturated heterocycles. The normalized spacial score (nSPS) is 30.3. The minimum Gasteiger partial charge on any atom is -0.385 e. The molecule has 5 nitrogen and oxygen atoms in total. The van der Waals surface area contributed by atoms with Gasteiger partial charge < -0.3 is 15.4 Å². The lowest BCUT2D eigenvalue weighted by Crippen LogP contribution is -2.40. The van der Waals surface area contributed by atoms with Gasteiger partial charge in [0.15, 0.2) is 0 Å². The summed E-state index contributed by atoms with van der Waals surface area (Å²) < 4.78 is 55.5. The zero-order chi connectivity index (χ0) is 19.8. The number of anilines is 1. The Hall–Kier alpha value is -2.16. The zero-order valence-electron chi connectivity index (χ0n) is 15.0. The minimum atomic E-state index is -4.63. The molecule has 4 saturated carbocycles. The molecule has 150 valence electrons. The molecule has 2 heterocycles. The van der Waals surface area contributed by atoms with Gasteiger partial charge in [-0.25, -0.2) is 14.4 Å². The highest BCUT2D eigenvalue weighted by molar-refractivity contribution is 5.62. The number of fused-ring (bicyclic) bond motifs is 1. The van der Waals surface area contributed by atoms with Crippen molar-refractivity contribution in [2.24, 2.45) is 11.8 Å². The number of imidazole rings is 1. The molecule has 0 radical (unpaired) electrons. The monoisotopic (exact) mass is 396 g/mol. The third-order valence-electron chi connectivity index (χ3n) is 6.47. The summed E-state index contributed by atoms with van der Waals surface area (Å²) >= 11 is 0. The number of nitrogens with zero attached hydrogens (tertiary/aromatic N) is 3. The van der Waals surface area contributed by atoms with E-state index in [1.54, 1.807) is 6.20 Å². The van der Waals surface area contributed by atoms with E-state index in [9.17, 15) is 22.7 Å². The maximum atomic E-state index is 14.1. The van der Waals surface area contributed by atoms with Crippen LogP contribution in [0.15, 0.2) is 18.5 Å². The summed E-state index contributed by atoms with van der Waals surface area (Å²) in [6, 6.07) is 0.927. The summed E-state index contributed by atoms with van der Waals surface area (Å²) in [6.45, 7) is 0. The quantitative estimate of drug-likeness (QED) is 0.770. The van der Waals surface area contributed by atoms with E-state index >= 15 is 0 Å². The van der Waals surface area contributed by atoms with Gasteiger partial charge >= 0.3 is 6.18 Å². The lowest BCUT2D eigenvalue weighted by molar-refractivity contribution is -0.137. The maximum Gasteiger partial charge on any atom is 0.419 e. The van der Waals surface area contributed by atoms with Crippen LogP contribution in [0.3, 0.4) is 0 Å². The standard InChI is InChI=1S/C19H20F4N4O/c20-13-6-18(4-11(13)5-18)27-8-14(26-17(27)15(28)9-1-2-9)10-3-12(19(21,22)23)16(24)25-7-10/h3,7-9,11,13,15,28H,1-2,4-6H2,(H2,24,25). The summed E-state index contributed by atoms with van der Waals surface area (Å²) in [5.74, 6) is -0.0632. The molecule has 6 rings (SSSR count). The van der Waals surface area contributed by atoms with E-state index in [0.29, 0.717) is 25.1 Å². The van der Waals surface area contributed by atoms with Crippen molar-refractivity contribution >= 4 is 5.82 Å². The Morgan fingerprint density at radius 1 is 1.25 bits per heavy atom. The van der Waals surface area contributed by atoms with Crippen LogP contribution in [-0.4, -0.2) is 25.8 Å². The number of pyridine rings is 1. The van der Waals surface area contributed by atoms with Crippen molar-refractivity contribution in [3.8, 4) is 11.3 Å².